The van der Waals surface area contributed by atoms with Crippen LogP contribution >= 0.6 is 0 Å². The Bertz CT molecular complexity index is 526. The molecule has 1 aromatic carbocycles. The van der Waals surface area contributed by atoms with Crippen molar-refractivity contribution in [2.75, 3.05) is 26.2 Å². The minimum Gasteiger partial charge on any atom is -0.338 e. The zero-order chi connectivity index (χ0) is 15.0. The second-order valence-corrected chi connectivity index (χ2v) is 6.98. The average Bonchev–Trinajstić information content (AvgIpc) is 2.89. The van der Waals surface area contributed by atoms with E-state index >= 15 is 0 Å². The molecule has 0 bridgehead atoms. The minimum atomic E-state index is 0.212. The van der Waals surface area contributed by atoms with Crippen LogP contribution in [0.3, 0.4) is 0 Å². The third-order valence-electron chi connectivity index (χ3n) is 5.12. The van der Waals surface area contributed by atoms with Gasteiger partial charge in [-0.25, -0.2) is 0 Å². The van der Waals surface area contributed by atoms with Gasteiger partial charge in [0.05, 0.1) is 0 Å². The zero-order valence-corrected chi connectivity index (χ0v) is 13.4. The number of rotatable bonds is 2. The van der Waals surface area contributed by atoms with Crippen LogP contribution in [0.5, 0.6) is 0 Å². The lowest BCUT2D eigenvalue weighted by atomic mass is 9.88. The summed E-state index contributed by atoms with van der Waals surface area (Å²) in [6, 6.07) is 8.59. The van der Waals surface area contributed by atoms with Crippen molar-refractivity contribution in [1.29, 1.82) is 0 Å². The van der Waals surface area contributed by atoms with Gasteiger partial charge in [-0.05, 0) is 57.7 Å². The van der Waals surface area contributed by atoms with E-state index in [1.807, 2.05) is 31.2 Å². The molecule has 2 aliphatic rings. The number of hydrogen-bond donors (Lipinski definition) is 0. The highest BCUT2D eigenvalue weighted by molar-refractivity contribution is 5.94. The fourth-order valence-corrected chi connectivity index (χ4v) is 3.79. The van der Waals surface area contributed by atoms with Crippen LogP contribution in [0, 0.1) is 18.8 Å². The number of carbonyl (C=O) groups is 1. The molecule has 0 aliphatic carbocycles. The number of amides is 1. The van der Waals surface area contributed by atoms with E-state index in [0.717, 1.165) is 30.8 Å². The van der Waals surface area contributed by atoms with Crippen molar-refractivity contribution in [3.05, 3.63) is 35.4 Å². The Kier molecular flexibility index (Phi) is 4.03. The number of piperidine rings is 1. The van der Waals surface area contributed by atoms with E-state index in [0.29, 0.717) is 17.9 Å². The molecule has 0 unspecified atom stereocenters. The van der Waals surface area contributed by atoms with E-state index < -0.39 is 0 Å². The van der Waals surface area contributed by atoms with Crippen molar-refractivity contribution in [3.8, 4) is 0 Å². The van der Waals surface area contributed by atoms with Crippen molar-refractivity contribution in [2.45, 2.75) is 33.2 Å². The molecule has 0 saturated carbocycles. The monoisotopic (exact) mass is 286 g/mol. The van der Waals surface area contributed by atoms with E-state index in [1.54, 1.807) is 0 Å². The van der Waals surface area contributed by atoms with Crippen LogP contribution in [0.1, 0.15) is 36.2 Å². The predicted octanol–water partition coefficient (Wildman–Crippen LogP) is 2.80. The molecular formula is C18H26N2O. The number of hydrogen-bond acceptors (Lipinski definition) is 2. The topological polar surface area (TPSA) is 23.6 Å². The van der Waals surface area contributed by atoms with Gasteiger partial charge in [-0.1, -0.05) is 17.7 Å². The summed E-state index contributed by atoms with van der Waals surface area (Å²) in [5.41, 5.74) is 2.00. The number of aryl methyl sites for hydroxylation is 1. The molecule has 0 radical (unpaired) electrons. The van der Waals surface area contributed by atoms with E-state index in [4.69, 9.17) is 0 Å². The molecular weight excluding hydrogens is 260 g/mol. The van der Waals surface area contributed by atoms with Crippen LogP contribution in [0.2, 0.25) is 0 Å². The standard InChI is InChI=1S/C18H26N2O/c1-13(2)19-8-7-16-10-20(12-17(16)11-19)18(21)15-6-4-5-14(3)9-15/h4-6,9,13,16-17H,7-8,10-12H2,1-3H3/t16-,17+/m0/s1. The summed E-state index contributed by atoms with van der Waals surface area (Å²) in [7, 11) is 0. The second kappa shape index (κ2) is 5.80. The Balaban J connectivity index is 1.68. The minimum absolute atomic E-state index is 0.212. The normalized spacial score (nSPS) is 26.2. The van der Waals surface area contributed by atoms with Crippen LogP contribution in [-0.2, 0) is 0 Å². The van der Waals surface area contributed by atoms with Gasteiger partial charge in [-0.3, -0.25) is 4.79 Å². The Morgan fingerprint density at radius 2 is 1.95 bits per heavy atom. The SMILES string of the molecule is Cc1cccc(C(=O)N2C[C@@H]3CCN(C(C)C)C[C@@H]3C2)c1. The number of nitrogens with zero attached hydrogens (tertiary/aromatic N) is 2. The van der Waals surface area contributed by atoms with Crippen LogP contribution < -0.4 is 0 Å². The van der Waals surface area contributed by atoms with Crippen molar-refractivity contribution >= 4 is 5.91 Å². The lowest BCUT2D eigenvalue weighted by Crippen LogP contribution is -2.43. The van der Waals surface area contributed by atoms with Crippen molar-refractivity contribution in [1.82, 2.24) is 9.80 Å². The summed E-state index contributed by atoms with van der Waals surface area (Å²) in [6.45, 7) is 10.8. The molecule has 3 rings (SSSR count). The van der Waals surface area contributed by atoms with Gasteiger partial charge in [0.2, 0.25) is 0 Å². The Morgan fingerprint density at radius 3 is 2.67 bits per heavy atom. The largest absolute Gasteiger partial charge is 0.338 e. The number of fused-ring (bicyclic) bond motifs is 1. The molecule has 2 saturated heterocycles. The Morgan fingerprint density at radius 1 is 1.19 bits per heavy atom. The summed E-state index contributed by atoms with van der Waals surface area (Å²) < 4.78 is 0. The van der Waals surface area contributed by atoms with Gasteiger partial charge in [0.15, 0.2) is 0 Å². The summed E-state index contributed by atoms with van der Waals surface area (Å²) in [6.07, 6.45) is 1.24. The molecule has 2 aliphatic heterocycles. The lowest BCUT2D eigenvalue weighted by Gasteiger charge is -2.36. The quantitative estimate of drug-likeness (QED) is 0.834. The molecule has 1 amide bonds. The lowest BCUT2D eigenvalue weighted by molar-refractivity contribution is 0.0783. The molecule has 3 heteroatoms. The molecule has 0 aromatic heterocycles. The molecule has 0 N–H and O–H groups in total. The van der Waals surface area contributed by atoms with E-state index in [9.17, 15) is 4.79 Å². The molecule has 2 atom stereocenters. The first-order chi connectivity index (χ1) is 10.0. The van der Waals surface area contributed by atoms with Gasteiger partial charge < -0.3 is 9.80 Å². The Labute approximate surface area is 127 Å². The van der Waals surface area contributed by atoms with Crippen LogP contribution in [0.25, 0.3) is 0 Å². The highest BCUT2D eigenvalue weighted by Gasteiger charge is 2.39. The van der Waals surface area contributed by atoms with Crippen LogP contribution in [0.4, 0.5) is 0 Å². The summed E-state index contributed by atoms with van der Waals surface area (Å²) >= 11 is 0. The molecule has 1 aromatic rings. The van der Waals surface area contributed by atoms with Gasteiger partial charge in [-0.15, -0.1) is 0 Å². The third kappa shape index (κ3) is 2.98. The van der Waals surface area contributed by atoms with E-state index in [2.05, 4.69) is 23.6 Å². The smallest absolute Gasteiger partial charge is 0.253 e. The summed E-state index contributed by atoms with van der Waals surface area (Å²) in [5.74, 6) is 1.58. The maximum absolute atomic E-state index is 12.7. The number of likely N-dealkylation sites (tertiary alicyclic amines) is 2. The summed E-state index contributed by atoms with van der Waals surface area (Å²) in [5, 5.41) is 0. The van der Waals surface area contributed by atoms with Gasteiger partial charge in [0.1, 0.15) is 0 Å². The fraction of sp³-hybridized carbons (Fsp3) is 0.611. The van der Waals surface area contributed by atoms with Crippen molar-refractivity contribution in [2.24, 2.45) is 11.8 Å². The van der Waals surface area contributed by atoms with Gasteiger partial charge in [-0.2, -0.15) is 0 Å². The summed E-state index contributed by atoms with van der Waals surface area (Å²) in [4.78, 5) is 17.3. The first-order valence-corrected chi connectivity index (χ1v) is 8.14. The predicted molar refractivity (Wildman–Crippen MR) is 85.4 cm³/mol. The number of carbonyl (C=O) groups excluding carboxylic acids is 1. The van der Waals surface area contributed by atoms with E-state index in [-0.39, 0.29) is 5.91 Å². The highest BCUT2D eigenvalue weighted by Crippen LogP contribution is 2.32. The first kappa shape index (κ1) is 14.6. The maximum Gasteiger partial charge on any atom is 0.253 e. The van der Waals surface area contributed by atoms with Crippen molar-refractivity contribution < 1.29 is 4.79 Å². The zero-order valence-electron chi connectivity index (χ0n) is 13.4. The molecule has 21 heavy (non-hydrogen) atoms. The van der Waals surface area contributed by atoms with Gasteiger partial charge >= 0.3 is 0 Å². The number of benzene rings is 1. The third-order valence-corrected chi connectivity index (χ3v) is 5.12. The average molecular weight is 286 g/mol. The van der Waals surface area contributed by atoms with Crippen molar-refractivity contribution in [3.63, 3.8) is 0 Å². The molecule has 2 heterocycles. The van der Waals surface area contributed by atoms with Crippen LogP contribution in [0.15, 0.2) is 24.3 Å². The van der Waals surface area contributed by atoms with E-state index in [1.165, 1.54) is 13.0 Å². The van der Waals surface area contributed by atoms with Gasteiger partial charge in [0.25, 0.3) is 5.91 Å². The maximum atomic E-state index is 12.7. The Hall–Kier alpha value is -1.35. The highest BCUT2D eigenvalue weighted by atomic mass is 16.2. The fourth-order valence-electron chi connectivity index (χ4n) is 3.79. The van der Waals surface area contributed by atoms with Crippen LogP contribution in [-0.4, -0.2) is 47.9 Å². The second-order valence-electron chi connectivity index (χ2n) is 6.98. The van der Waals surface area contributed by atoms with Gasteiger partial charge in [0, 0.05) is 31.2 Å². The molecule has 0 spiro atoms. The molecule has 3 nitrogen and oxygen atoms in total. The molecule has 114 valence electrons. The molecule has 2 fully saturated rings. The first-order valence-electron chi connectivity index (χ1n) is 8.14.